The van der Waals surface area contributed by atoms with Crippen LogP contribution in [0.4, 0.5) is 6.01 Å². The summed E-state index contributed by atoms with van der Waals surface area (Å²) in [4.78, 5) is 19.3. The molecule has 1 aliphatic rings. The highest BCUT2D eigenvalue weighted by Crippen LogP contribution is 2.26. The predicted octanol–water partition coefficient (Wildman–Crippen LogP) is 3.49. The molecule has 2 aromatic carbocycles. The molecule has 2 heterocycles. The maximum absolute atomic E-state index is 12.6. The molecule has 7 heteroatoms. The average Bonchev–Trinajstić information content (AvgIpc) is 3.21. The van der Waals surface area contributed by atoms with E-state index in [0.717, 1.165) is 37.0 Å². The van der Waals surface area contributed by atoms with Crippen LogP contribution in [0.1, 0.15) is 23.2 Å². The molecule has 0 radical (unpaired) electrons. The molecule has 3 aromatic rings. The molecule has 1 fully saturated rings. The minimum atomic E-state index is -0.122. The molecular formula is C22H25N3O4. The number of anilines is 1. The lowest BCUT2D eigenvalue weighted by atomic mass is 9.97. The van der Waals surface area contributed by atoms with Gasteiger partial charge in [0.05, 0.1) is 14.2 Å². The second-order valence-corrected chi connectivity index (χ2v) is 7.21. The molecule has 29 heavy (non-hydrogen) atoms. The van der Waals surface area contributed by atoms with Gasteiger partial charge in [-0.15, -0.1) is 0 Å². The van der Waals surface area contributed by atoms with Crippen LogP contribution in [0, 0.1) is 5.92 Å². The first-order chi connectivity index (χ1) is 14.2. The van der Waals surface area contributed by atoms with Gasteiger partial charge in [0.1, 0.15) is 17.0 Å². The zero-order valence-corrected chi connectivity index (χ0v) is 16.7. The smallest absolute Gasteiger partial charge is 0.298 e. The van der Waals surface area contributed by atoms with Crippen LogP contribution in [0.15, 0.2) is 46.9 Å². The average molecular weight is 395 g/mol. The molecule has 1 amide bonds. The highest BCUT2D eigenvalue weighted by atomic mass is 16.5. The largest absolute Gasteiger partial charge is 0.497 e. The summed E-state index contributed by atoms with van der Waals surface area (Å²) in [5, 5.41) is 3.04. The van der Waals surface area contributed by atoms with E-state index in [1.165, 1.54) is 0 Å². The Labute approximate surface area is 169 Å². The van der Waals surface area contributed by atoms with Gasteiger partial charge in [-0.25, -0.2) is 0 Å². The fourth-order valence-corrected chi connectivity index (χ4v) is 3.60. The minimum absolute atomic E-state index is 0.122. The number of nitrogens with one attached hydrogen (secondary N) is 1. The van der Waals surface area contributed by atoms with Crippen LogP contribution >= 0.6 is 0 Å². The number of carbonyl (C=O) groups is 1. The molecule has 0 unspecified atom stereocenters. The Balaban J connectivity index is 1.31. The molecule has 0 spiro atoms. The number of hydrogen-bond acceptors (Lipinski definition) is 6. The maximum atomic E-state index is 12.6. The molecule has 1 saturated heterocycles. The molecule has 0 atom stereocenters. The van der Waals surface area contributed by atoms with E-state index in [0.29, 0.717) is 35.5 Å². The van der Waals surface area contributed by atoms with Crippen molar-refractivity contribution in [2.24, 2.45) is 5.92 Å². The van der Waals surface area contributed by atoms with Crippen LogP contribution in [-0.4, -0.2) is 44.7 Å². The number of amides is 1. The Morgan fingerprint density at radius 1 is 1.14 bits per heavy atom. The van der Waals surface area contributed by atoms with Crippen molar-refractivity contribution in [3.63, 3.8) is 0 Å². The SMILES string of the molecule is COc1cc(OC)cc(C(=O)NCC2CCN(c3nc4ccccc4o3)CC2)c1. The summed E-state index contributed by atoms with van der Waals surface area (Å²) in [6.07, 6.45) is 1.95. The second-order valence-electron chi connectivity index (χ2n) is 7.21. The number of rotatable bonds is 6. The minimum Gasteiger partial charge on any atom is -0.497 e. The summed E-state index contributed by atoms with van der Waals surface area (Å²) in [5.41, 5.74) is 2.22. The number of hydrogen-bond donors (Lipinski definition) is 1. The van der Waals surface area contributed by atoms with Crippen molar-refractivity contribution in [1.29, 1.82) is 0 Å². The third-order valence-corrected chi connectivity index (χ3v) is 5.33. The molecule has 0 aliphatic carbocycles. The normalized spacial score (nSPS) is 14.8. The van der Waals surface area contributed by atoms with E-state index >= 15 is 0 Å². The van der Waals surface area contributed by atoms with Crippen molar-refractivity contribution in [2.45, 2.75) is 12.8 Å². The van der Waals surface area contributed by atoms with Gasteiger partial charge < -0.3 is 24.1 Å². The number of para-hydroxylation sites is 2. The Kier molecular flexibility index (Phi) is 5.55. The van der Waals surface area contributed by atoms with E-state index in [2.05, 4.69) is 15.2 Å². The van der Waals surface area contributed by atoms with Crippen molar-refractivity contribution in [3.05, 3.63) is 48.0 Å². The van der Waals surface area contributed by atoms with Gasteiger partial charge in [-0.05, 0) is 43.0 Å². The fourth-order valence-electron chi connectivity index (χ4n) is 3.60. The summed E-state index contributed by atoms with van der Waals surface area (Å²) in [5.74, 6) is 1.50. The number of benzene rings is 2. The molecule has 1 aromatic heterocycles. The summed E-state index contributed by atoms with van der Waals surface area (Å²) in [7, 11) is 3.14. The monoisotopic (exact) mass is 395 g/mol. The van der Waals surface area contributed by atoms with Crippen molar-refractivity contribution in [2.75, 3.05) is 38.8 Å². The molecule has 1 N–H and O–H groups in total. The molecule has 1 aliphatic heterocycles. The molecule has 0 bridgehead atoms. The van der Waals surface area contributed by atoms with Crippen LogP contribution in [0.5, 0.6) is 11.5 Å². The molecule has 0 saturated carbocycles. The van der Waals surface area contributed by atoms with E-state index in [9.17, 15) is 4.79 Å². The van der Waals surface area contributed by atoms with Gasteiger partial charge in [0.15, 0.2) is 5.58 Å². The maximum Gasteiger partial charge on any atom is 0.298 e. The Morgan fingerprint density at radius 3 is 2.48 bits per heavy atom. The highest BCUT2D eigenvalue weighted by Gasteiger charge is 2.23. The molecule has 152 valence electrons. The summed E-state index contributed by atoms with van der Waals surface area (Å²) < 4.78 is 16.3. The second kappa shape index (κ2) is 8.43. The van der Waals surface area contributed by atoms with E-state index in [4.69, 9.17) is 13.9 Å². The lowest BCUT2D eigenvalue weighted by Crippen LogP contribution is -2.38. The number of fused-ring (bicyclic) bond motifs is 1. The van der Waals surface area contributed by atoms with Gasteiger partial charge in [0.2, 0.25) is 0 Å². The molecule has 7 nitrogen and oxygen atoms in total. The van der Waals surface area contributed by atoms with Crippen molar-refractivity contribution in [1.82, 2.24) is 10.3 Å². The van der Waals surface area contributed by atoms with Gasteiger partial charge >= 0.3 is 0 Å². The number of methoxy groups -OCH3 is 2. The first-order valence-corrected chi connectivity index (χ1v) is 9.78. The fraction of sp³-hybridized carbons (Fsp3) is 0.364. The van der Waals surface area contributed by atoms with Crippen LogP contribution in [0.25, 0.3) is 11.1 Å². The van der Waals surface area contributed by atoms with Crippen LogP contribution in [-0.2, 0) is 0 Å². The predicted molar refractivity (Wildman–Crippen MR) is 111 cm³/mol. The molecule has 4 rings (SSSR count). The van der Waals surface area contributed by atoms with Gasteiger partial charge in [0.25, 0.3) is 11.9 Å². The van der Waals surface area contributed by atoms with Crippen LogP contribution < -0.4 is 19.7 Å². The first kappa shape index (κ1) is 19.1. The lowest BCUT2D eigenvalue weighted by Gasteiger charge is -2.30. The topological polar surface area (TPSA) is 76.8 Å². The zero-order chi connectivity index (χ0) is 20.2. The summed E-state index contributed by atoms with van der Waals surface area (Å²) in [6, 6.07) is 13.7. The summed E-state index contributed by atoms with van der Waals surface area (Å²) in [6.45, 7) is 2.36. The van der Waals surface area contributed by atoms with Crippen molar-refractivity contribution < 1.29 is 18.7 Å². The van der Waals surface area contributed by atoms with E-state index in [-0.39, 0.29) is 5.91 Å². The third kappa shape index (κ3) is 4.29. The number of nitrogens with zero attached hydrogens (tertiary/aromatic N) is 2. The summed E-state index contributed by atoms with van der Waals surface area (Å²) >= 11 is 0. The van der Waals surface area contributed by atoms with Gasteiger partial charge in [-0.2, -0.15) is 4.98 Å². The Bertz CT molecular complexity index is 937. The molecular weight excluding hydrogens is 370 g/mol. The number of ether oxygens (including phenoxy) is 2. The highest BCUT2D eigenvalue weighted by molar-refractivity contribution is 5.95. The van der Waals surface area contributed by atoms with Gasteiger partial charge in [-0.3, -0.25) is 4.79 Å². The van der Waals surface area contributed by atoms with Crippen molar-refractivity contribution >= 4 is 23.0 Å². The lowest BCUT2D eigenvalue weighted by molar-refractivity contribution is 0.0944. The Morgan fingerprint density at radius 2 is 1.83 bits per heavy atom. The third-order valence-electron chi connectivity index (χ3n) is 5.33. The van der Waals surface area contributed by atoms with E-state index in [1.807, 2.05) is 24.3 Å². The number of aromatic nitrogens is 1. The van der Waals surface area contributed by atoms with Crippen molar-refractivity contribution in [3.8, 4) is 11.5 Å². The zero-order valence-electron chi connectivity index (χ0n) is 16.7. The first-order valence-electron chi connectivity index (χ1n) is 9.78. The quantitative estimate of drug-likeness (QED) is 0.689. The standard InChI is InChI=1S/C22H25N3O4/c1-27-17-11-16(12-18(13-17)28-2)21(26)23-14-15-7-9-25(10-8-15)22-24-19-5-3-4-6-20(19)29-22/h3-6,11-13,15H,7-10,14H2,1-2H3,(H,23,26). The number of oxazole rings is 1. The number of piperidine rings is 1. The number of carbonyl (C=O) groups excluding carboxylic acids is 1. The van der Waals surface area contributed by atoms with Gasteiger partial charge in [0, 0.05) is 31.3 Å². The van der Waals surface area contributed by atoms with Crippen LogP contribution in [0.2, 0.25) is 0 Å². The Hall–Kier alpha value is -3.22. The van der Waals surface area contributed by atoms with E-state index in [1.54, 1.807) is 32.4 Å². The van der Waals surface area contributed by atoms with Gasteiger partial charge in [-0.1, -0.05) is 12.1 Å². The van der Waals surface area contributed by atoms with E-state index < -0.39 is 0 Å². The van der Waals surface area contributed by atoms with Crippen LogP contribution in [0.3, 0.4) is 0 Å².